The molecule has 1 fully saturated rings. The first-order valence-electron chi connectivity index (χ1n) is 4.32. The molecule has 1 saturated carbocycles. The fraction of sp³-hybridized carbons (Fsp3) is 1.00. The summed E-state index contributed by atoms with van der Waals surface area (Å²) in [7, 11) is -9.21. The molecule has 4 N–H and O–H groups in total. The van der Waals surface area contributed by atoms with Crippen molar-refractivity contribution in [2.75, 3.05) is 0 Å². The van der Waals surface area contributed by atoms with Crippen molar-refractivity contribution in [3.63, 3.8) is 0 Å². The third-order valence-corrected chi connectivity index (χ3v) is 5.04. The molecule has 16 heavy (non-hydrogen) atoms. The summed E-state index contributed by atoms with van der Waals surface area (Å²) < 4.78 is 60.7. The minimum atomic E-state index is -4.69. The summed E-state index contributed by atoms with van der Waals surface area (Å²) in [6, 6.07) is 0. The molecular formula is C6H12O8S2. The van der Waals surface area contributed by atoms with Crippen LogP contribution in [0.15, 0.2) is 0 Å². The molecule has 1 aliphatic carbocycles. The predicted molar refractivity (Wildman–Crippen MR) is 51.9 cm³/mol. The molecule has 8 nitrogen and oxygen atoms in total. The van der Waals surface area contributed by atoms with Crippen molar-refractivity contribution >= 4 is 20.2 Å². The van der Waals surface area contributed by atoms with Crippen molar-refractivity contribution in [2.45, 2.75) is 35.5 Å². The zero-order valence-electron chi connectivity index (χ0n) is 7.96. The van der Waals surface area contributed by atoms with Crippen LogP contribution in [0.1, 0.15) is 12.8 Å². The predicted octanol–water partition coefficient (Wildman–Crippen LogP) is -1.99. The lowest BCUT2D eigenvalue weighted by Gasteiger charge is -2.33. The van der Waals surface area contributed by atoms with Crippen molar-refractivity contribution in [3.8, 4) is 0 Å². The second kappa shape index (κ2) is 4.20. The van der Waals surface area contributed by atoms with Crippen molar-refractivity contribution in [2.24, 2.45) is 0 Å². The lowest BCUT2D eigenvalue weighted by atomic mass is 9.94. The third-order valence-electron chi connectivity index (χ3n) is 2.58. The van der Waals surface area contributed by atoms with Crippen LogP contribution >= 0.6 is 0 Å². The van der Waals surface area contributed by atoms with Crippen molar-refractivity contribution in [3.05, 3.63) is 0 Å². The highest BCUT2D eigenvalue weighted by Crippen LogP contribution is 2.28. The monoisotopic (exact) mass is 276 g/mol. The fourth-order valence-electron chi connectivity index (χ4n) is 1.69. The maximum absolute atomic E-state index is 10.8. The van der Waals surface area contributed by atoms with E-state index in [1.54, 1.807) is 0 Å². The number of hydrogen-bond donors (Lipinski definition) is 4. The van der Waals surface area contributed by atoms with Gasteiger partial charge in [-0.15, -0.1) is 0 Å². The molecule has 0 bridgehead atoms. The summed E-state index contributed by atoms with van der Waals surface area (Å²) in [5, 5.41) is 15.2. The van der Waals surface area contributed by atoms with Crippen LogP contribution in [0.2, 0.25) is 0 Å². The van der Waals surface area contributed by atoms with Crippen LogP contribution in [-0.2, 0) is 20.2 Å². The van der Waals surface area contributed by atoms with E-state index in [2.05, 4.69) is 0 Å². The number of hydrogen-bond acceptors (Lipinski definition) is 6. The van der Waals surface area contributed by atoms with E-state index in [1.165, 1.54) is 0 Å². The highest BCUT2D eigenvalue weighted by molar-refractivity contribution is 7.87. The maximum Gasteiger partial charge on any atom is 0.270 e. The van der Waals surface area contributed by atoms with E-state index in [0.717, 1.165) is 0 Å². The van der Waals surface area contributed by atoms with Gasteiger partial charge in [0.05, 0.1) is 17.5 Å². The van der Waals surface area contributed by atoms with Gasteiger partial charge >= 0.3 is 0 Å². The molecule has 4 atom stereocenters. The average Bonchev–Trinajstić information content (AvgIpc) is 2.05. The number of aliphatic hydroxyl groups excluding tert-OH is 2. The summed E-state index contributed by atoms with van der Waals surface area (Å²) in [6.07, 6.45) is -4.54. The highest BCUT2D eigenvalue weighted by Gasteiger charge is 2.46. The zero-order chi connectivity index (χ0) is 12.7. The molecule has 0 aromatic rings. The minimum absolute atomic E-state index is 0.480. The molecule has 0 amide bonds. The van der Waals surface area contributed by atoms with Crippen LogP contribution < -0.4 is 0 Å². The Hall–Kier alpha value is -0.260. The van der Waals surface area contributed by atoms with E-state index >= 15 is 0 Å². The normalized spacial score (nSPS) is 37.2. The SMILES string of the molecule is O=S(=O)(O)C1CC(O)C(O)C(S(=O)(=O)O)C1. The summed E-state index contributed by atoms with van der Waals surface area (Å²) in [4.78, 5) is 0. The van der Waals surface area contributed by atoms with Crippen LogP contribution in [-0.4, -0.2) is 58.9 Å². The highest BCUT2D eigenvalue weighted by atomic mass is 32.2. The van der Waals surface area contributed by atoms with E-state index in [9.17, 15) is 27.0 Å². The first-order valence-corrected chi connectivity index (χ1v) is 7.33. The maximum atomic E-state index is 10.8. The van der Waals surface area contributed by atoms with Crippen molar-refractivity contribution < 1.29 is 36.2 Å². The zero-order valence-corrected chi connectivity index (χ0v) is 9.59. The number of aliphatic hydroxyl groups is 2. The van der Waals surface area contributed by atoms with Gasteiger partial charge in [-0.2, -0.15) is 16.8 Å². The van der Waals surface area contributed by atoms with E-state index in [4.69, 9.17) is 9.11 Å². The standard InChI is InChI=1S/C6H12O8S2/c7-4-1-3(15(9,10)11)2-5(6(4)8)16(12,13)14/h3-8H,1-2H2,(H,9,10,11)(H,12,13,14). The summed E-state index contributed by atoms with van der Waals surface area (Å²) in [6.45, 7) is 0. The second-order valence-electron chi connectivity index (χ2n) is 3.72. The molecule has 10 heteroatoms. The molecule has 0 heterocycles. The Morgan fingerprint density at radius 2 is 1.38 bits per heavy atom. The van der Waals surface area contributed by atoms with E-state index in [1.807, 2.05) is 0 Å². The lowest BCUT2D eigenvalue weighted by Crippen LogP contribution is -2.51. The Morgan fingerprint density at radius 3 is 1.75 bits per heavy atom. The Labute approximate surface area is 92.4 Å². The van der Waals surface area contributed by atoms with E-state index in [-0.39, 0.29) is 0 Å². The first-order chi connectivity index (χ1) is 7.03. The van der Waals surface area contributed by atoms with Crippen LogP contribution in [0.25, 0.3) is 0 Å². The van der Waals surface area contributed by atoms with Gasteiger partial charge in [0, 0.05) is 0 Å². The molecule has 0 radical (unpaired) electrons. The molecule has 96 valence electrons. The van der Waals surface area contributed by atoms with E-state index < -0.39 is 55.8 Å². The lowest BCUT2D eigenvalue weighted by molar-refractivity contribution is -0.00689. The topological polar surface area (TPSA) is 149 Å². The Kier molecular flexibility index (Phi) is 3.62. The van der Waals surface area contributed by atoms with Gasteiger partial charge in [-0.05, 0) is 12.8 Å². The Bertz CT molecular complexity index is 451. The Balaban J connectivity index is 3.04. The molecule has 4 unspecified atom stereocenters. The fourth-order valence-corrected chi connectivity index (χ4v) is 3.71. The molecule has 0 aromatic carbocycles. The second-order valence-corrected chi connectivity index (χ2v) is 7.05. The summed E-state index contributed by atoms with van der Waals surface area (Å²) in [5.74, 6) is 0. The van der Waals surface area contributed by atoms with Gasteiger partial charge in [0.2, 0.25) is 0 Å². The van der Waals surface area contributed by atoms with Gasteiger partial charge in [-0.1, -0.05) is 0 Å². The molecule has 1 aliphatic rings. The Morgan fingerprint density at radius 1 is 0.875 bits per heavy atom. The molecule has 0 saturated heterocycles. The number of rotatable bonds is 2. The quantitative estimate of drug-likeness (QED) is 0.424. The van der Waals surface area contributed by atoms with Gasteiger partial charge in [-0.3, -0.25) is 9.11 Å². The molecule has 0 aromatic heterocycles. The van der Waals surface area contributed by atoms with Gasteiger partial charge in [-0.25, -0.2) is 0 Å². The summed E-state index contributed by atoms with van der Waals surface area (Å²) >= 11 is 0. The van der Waals surface area contributed by atoms with Crippen LogP contribution in [0.5, 0.6) is 0 Å². The van der Waals surface area contributed by atoms with Gasteiger partial charge in [0.25, 0.3) is 20.2 Å². The minimum Gasteiger partial charge on any atom is -0.390 e. The van der Waals surface area contributed by atoms with E-state index in [0.29, 0.717) is 0 Å². The smallest absolute Gasteiger partial charge is 0.270 e. The van der Waals surface area contributed by atoms with Gasteiger partial charge in [0.1, 0.15) is 5.25 Å². The molecule has 0 aliphatic heterocycles. The first kappa shape index (κ1) is 13.8. The van der Waals surface area contributed by atoms with Crippen LogP contribution in [0, 0.1) is 0 Å². The third kappa shape index (κ3) is 2.90. The molecular weight excluding hydrogens is 264 g/mol. The van der Waals surface area contributed by atoms with Crippen molar-refractivity contribution in [1.82, 2.24) is 0 Å². The van der Waals surface area contributed by atoms with Crippen molar-refractivity contribution in [1.29, 1.82) is 0 Å². The largest absolute Gasteiger partial charge is 0.390 e. The van der Waals surface area contributed by atoms with Gasteiger partial charge in [0.15, 0.2) is 0 Å². The summed E-state index contributed by atoms with van der Waals surface area (Å²) in [5.41, 5.74) is 0. The van der Waals surface area contributed by atoms with Crippen LogP contribution in [0.3, 0.4) is 0 Å². The van der Waals surface area contributed by atoms with Gasteiger partial charge < -0.3 is 10.2 Å². The molecule has 0 spiro atoms. The molecule has 1 rings (SSSR count). The average molecular weight is 276 g/mol. The van der Waals surface area contributed by atoms with Crippen LogP contribution in [0.4, 0.5) is 0 Å².